The highest BCUT2D eigenvalue weighted by atomic mass is 16.2. The summed E-state index contributed by atoms with van der Waals surface area (Å²) in [6.45, 7) is 0. The molecule has 0 bridgehead atoms. The molecule has 0 heterocycles. The molecule has 0 aromatic heterocycles. The standard InChI is InChI=1S/C19H21N3O2/c20-15-9-5-13(6-10-15)18(23)22-17-11-7-14(8-12-17)19(24)21-16-3-1-2-4-16/h5-12,16H,1-4,20H2,(H,21,24)(H,22,23). The molecular weight excluding hydrogens is 302 g/mol. The van der Waals surface area contributed by atoms with E-state index < -0.39 is 0 Å². The summed E-state index contributed by atoms with van der Waals surface area (Å²) in [5.41, 5.74) is 8.01. The zero-order valence-corrected chi connectivity index (χ0v) is 13.4. The second-order valence-corrected chi connectivity index (χ2v) is 6.11. The zero-order chi connectivity index (χ0) is 16.9. The van der Waals surface area contributed by atoms with E-state index in [1.165, 1.54) is 12.8 Å². The number of hydrogen-bond donors (Lipinski definition) is 3. The molecule has 124 valence electrons. The average molecular weight is 323 g/mol. The van der Waals surface area contributed by atoms with Crippen molar-refractivity contribution < 1.29 is 9.59 Å². The van der Waals surface area contributed by atoms with Gasteiger partial charge in [-0.1, -0.05) is 12.8 Å². The molecule has 5 heteroatoms. The summed E-state index contributed by atoms with van der Waals surface area (Å²) in [5.74, 6) is -0.267. The van der Waals surface area contributed by atoms with Crippen LogP contribution in [0.5, 0.6) is 0 Å². The van der Waals surface area contributed by atoms with Gasteiger partial charge in [-0.2, -0.15) is 0 Å². The van der Waals surface area contributed by atoms with E-state index in [-0.39, 0.29) is 11.8 Å². The van der Waals surface area contributed by atoms with Crippen molar-refractivity contribution in [2.45, 2.75) is 31.7 Å². The fourth-order valence-electron chi connectivity index (χ4n) is 2.88. The molecule has 2 aromatic rings. The molecule has 1 saturated carbocycles. The Hall–Kier alpha value is -2.82. The second-order valence-electron chi connectivity index (χ2n) is 6.11. The van der Waals surface area contributed by atoms with Crippen LogP contribution in [0, 0.1) is 0 Å². The summed E-state index contributed by atoms with van der Waals surface area (Å²) < 4.78 is 0. The van der Waals surface area contributed by atoms with Gasteiger partial charge in [-0.05, 0) is 61.4 Å². The fourth-order valence-corrected chi connectivity index (χ4v) is 2.88. The Bertz CT molecular complexity index is 717. The lowest BCUT2D eigenvalue weighted by molar-refractivity contribution is 0.0937. The van der Waals surface area contributed by atoms with Crippen molar-refractivity contribution >= 4 is 23.2 Å². The lowest BCUT2D eigenvalue weighted by atomic mass is 10.1. The molecule has 1 aliphatic carbocycles. The predicted octanol–water partition coefficient (Wildman–Crippen LogP) is 3.19. The minimum atomic E-state index is -0.210. The quantitative estimate of drug-likeness (QED) is 0.756. The number of hydrogen-bond acceptors (Lipinski definition) is 3. The molecule has 4 N–H and O–H groups in total. The van der Waals surface area contributed by atoms with Gasteiger partial charge >= 0.3 is 0 Å². The van der Waals surface area contributed by atoms with Crippen LogP contribution >= 0.6 is 0 Å². The maximum absolute atomic E-state index is 12.2. The first-order chi connectivity index (χ1) is 11.6. The summed E-state index contributed by atoms with van der Waals surface area (Å²) >= 11 is 0. The minimum Gasteiger partial charge on any atom is -0.399 e. The maximum atomic E-state index is 12.2. The van der Waals surface area contributed by atoms with Crippen LogP contribution < -0.4 is 16.4 Å². The molecule has 3 rings (SSSR count). The van der Waals surface area contributed by atoms with Gasteiger partial charge in [0.2, 0.25) is 0 Å². The number of rotatable bonds is 4. The van der Waals surface area contributed by atoms with Crippen LogP contribution in [0.3, 0.4) is 0 Å². The molecule has 2 aromatic carbocycles. The van der Waals surface area contributed by atoms with Gasteiger partial charge in [-0.25, -0.2) is 0 Å². The number of nitrogens with one attached hydrogen (secondary N) is 2. The van der Waals surface area contributed by atoms with Crippen LogP contribution in [0.2, 0.25) is 0 Å². The van der Waals surface area contributed by atoms with Crippen LogP contribution in [0.15, 0.2) is 48.5 Å². The first-order valence-electron chi connectivity index (χ1n) is 8.19. The average Bonchev–Trinajstić information content (AvgIpc) is 3.09. The van der Waals surface area contributed by atoms with Gasteiger partial charge in [0.1, 0.15) is 0 Å². The molecule has 2 amide bonds. The normalized spacial score (nSPS) is 14.3. The lowest BCUT2D eigenvalue weighted by Gasteiger charge is -2.12. The summed E-state index contributed by atoms with van der Waals surface area (Å²) in [5, 5.41) is 5.85. The topological polar surface area (TPSA) is 84.2 Å². The first kappa shape index (κ1) is 16.1. The van der Waals surface area contributed by atoms with Crippen molar-refractivity contribution in [3.05, 3.63) is 59.7 Å². The Kier molecular flexibility index (Phi) is 4.79. The summed E-state index contributed by atoms with van der Waals surface area (Å²) in [6, 6.07) is 13.9. The summed E-state index contributed by atoms with van der Waals surface area (Å²) in [7, 11) is 0. The molecule has 0 radical (unpaired) electrons. The predicted molar refractivity (Wildman–Crippen MR) is 95.0 cm³/mol. The zero-order valence-electron chi connectivity index (χ0n) is 13.4. The van der Waals surface area contributed by atoms with Crippen LogP contribution in [-0.4, -0.2) is 17.9 Å². The van der Waals surface area contributed by atoms with Gasteiger partial charge in [0, 0.05) is 28.5 Å². The molecule has 1 aliphatic rings. The molecular formula is C19H21N3O2. The van der Waals surface area contributed by atoms with E-state index in [1.54, 1.807) is 48.5 Å². The molecule has 0 unspecified atom stereocenters. The Morgan fingerprint density at radius 3 is 2.00 bits per heavy atom. The third-order valence-corrected chi connectivity index (χ3v) is 4.27. The second kappa shape index (κ2) is 7.17. The van der Waals surface area contributed by atoms with Crippen molar-refractivity contribution in [3.63, 3.8) is 0 Å². The van der Waals surface area contributed by atoms with E-state index in [2.05, 4.69) is 10.6 Å². The Balaban J connectivity index is 1.60. The summed E-state index contributed by atoms with van der Waals surface area (Å²) in [6.07, 6.45) is 4.48. The van der Waals surface area contributed by atoms with E-state index in [0.717, 1.165) is 12.8 Å². The van der Waals surface area contributed by atoms with Gasteiger partial charge in [0.15, 0.2) is 0 Å². The minimum absolute atomic E-state index is 0.0571. The smallest absolute Gasteiger partial charge is 0.255 e. The van der Waals surface area contributed by atoms with E-state index in [1.807, 2.05) is 0 Å². The number of carbonyl (C=O) groups is 2. The third-order valence-electron chi connectivity index (χ3n) is 4.27. The number of benzene rings is 2. The molecule has 24 heavy (non-hydrogen) atoms. The van der Waals surface area contributed by atoms with E-state index in [9.17, 15) is 9.59 Å². The molecule has 0 spiro atoms. The van der Waals surface area contributed by atoms with Gasteiger partial charge in [-0.15, -0.1) is 0 Å². The highest BCUT2D eigenvalue weighted by Crippen LogP contribution is 2.18. The Labute approximate surface area is 141 Å². The molecule has 0 atom stereocenters. The molecule has 1 fully saturated rings. The first-order valence-corrected chi connectivity index (χ1v) is 8.19. The van der Waals surface area contributed by atoms with E-state index in [0.29, 0.717) is 28.5 Å². The fraction of sp³-hybridized carbons (Fsp3) is 0.263. The highest BCUT2D eigenvalue weighted by Gasteiger charge is 2.17. The van der Waals surface area contributed by atoms with Crippen molar-refractivity contribution in [1.29, 1.82) is 0 Å². The molecule has 0 aliphatic heterocycles. The van der Waals surface area contributed by atoms with Crippen molar-refractivity contribution in [2.75, 3.05) is 11.1 Å². The number of amides is 2. The van der Waals surface area contributed by atoms with Gasteiger partial charge < -0.3 is 16.4 Å². The van der Waals surface area contributed by atoms with Crippen LogP contribution in [0.25, 0.3) is 0 Å². The summed E-state index contributed by atoms with van der Waals surface area (Å²) in [4.78, 5) is 24.3. The Morgan fingerprint density at radius 2 is 1.38 bits per heavy atom. The monoisotopic (exact) mass is 323 g/mol. The van der Waals surface area contributed by atoms with Gasteiger partial charge in [-0.3, -0.25) is 9.59 Å². The van der Waals surface area contributed by atoms with Crippen molar-refractivity contribution in [1.82, 2.24) is 5.32 Å². The van der Waals surface area contributed by atoms with Crippen LogP contribution in [-0.2, 0) is 0 Å². The number of anilines is 2. The molecule has 0 saturated heterocycles. The SMILES string of the molecule is Nc1ccc(C(=O)Nc2ccc(C(=O)NC3CCCC3)cc2)cc1. The third kappa shape index (κ3) is 3.93. The van der Waals surface area contributed by atoms with Gasteiger partial charge in [0.05, 0.1) is 0 Å². The van der Waals surface area contributed by atoms with Crippen molar-refractivity contribution in [3.8, 4) is 0 Å². The molecule has 5 nitrogen and oxygen atoms in total. The number of carbonyl (C=O) groups excluding carboxylic acids is 2. The van der Waals surface area contributed by atoms with E-state index >= 15 is 0 Å². The highest BCUT2D eigenvalue weighted by molar-refractivity contribution is 6.04. The Morgan fingerprint density at radius 1 is 0.833 bits per heavy atom. The van der Waals surface area contributed by atoms with Crippen molar-refractivity contribution in [2.24, 2.45) is 0 Å². The van der Waals surface area contributed by atoms with E-state index in [4.69, 9.17) is 5.73 Å². The van der Waals surface area contributed by atoms with Crippen LogP contribution in [0.1, 0.15) is 46.4 Å². The van der Waals surface area contributed by atoms with Crippen LogP contribution in [0.4, 0.5) is 11.4 Å². The largest absolute Gasteiger partial charge is 0.399 e. The lowest BCUT2D eigenvalue weighted by Crippen LogP contribution is -2.32. The van der Waals surface area contributed by atoms with Gasteiger partial charge in [0.25, 0.3) is 11.8 Å². The number of nitrogen functional groups attached to an aromatic ring is 1. The number of nitrogens with two attached hydrogens (primary N) is 1. The maximum Gasteiger partial charge on any atom is 0.255 e.